The molecule has 1 saturated heterocycles. The summed E-state index contributed by atoms with van der Waals surface area (Å²) in [6.45, 7) is 9.42. The SMILES string of the molecule is CCCC1(CC(C)(C)CN)COC1. The highest BCUT2D eigenvalue weighted by atomic mass is 16.5. The normalized spacial score (nSPS) is 21.2. The Morgan fingerprint density at radius 2 is 2.00 bits per heavy atom. The average molecular weight is 185 g/mol. The van der Waals surface area contributed by atoms with E-state index in [1.165, 1.54) is 19.3 Å². The van der Waals surface area contributed by atoms with Gasteiger partial charge in [0, 0.05) is 5.41 Å². The Kier molecular flexibility index (Phi) is 3.36. The summed E-state index contributed by atoms with van der Waals surface area (Å²) in [5, 5.41) is 0. The van der Waals surface area contributed by atoms with E-state index in [2.05, 4.69) is 20.8 Å². The zero-order valence-corrected chi connectivity index (χ0v) is 9.23. The van der Waals surface area contributed by atoms with Crippen molar-refractivity contribution >= 4 is 0 Å². The van der Waals surface area contributed by atoms with Crippen LogP contribution >= 0.6 is 0 Å². The Morgan fingerprint density at radius 1 is 1.38 bits per heavy atom. The van der Waals surface area contributed by atoms with Gasteiger partial charge in [-0.05, 0) is 24.8 Å². The van der Waals surface area contributed by atoms with Crippen LogP contribution in [0.4, 0.5) is 0 Å². The fraction of sp³-hybridized carbons (Fsp3) is 1.00. The monoisotopic (exact) mass is 185 g/mol. The van der Waals surface area contributed by atoms with E-state index in [1.807, 2.05) is 0 Å². The van der Waals surface area contributed by atoms with E-state index in [0.29, 0.717) is 5.41 Å². The van der Waals surface area contributed by atoms with E-state index < -0.39 is 0 Å². The lowest BCUT2D eigenvalue weighted by Gasteiger charge is -2.46. The lowest BCUT2D eigenvalue weighted by atomic mass is 9.69. The molecule has 0 saturated carbocycles. The quantitative estimate of drug-likeness (QED) is 0.712. The standard InChI is InChI=1S/C11H23NO/c1-4-5-11(8-13-9-11)6-10(2,3)7-12/h4-9,12H2,1-3H3. The van der Waals surface area contributed by atoms with Crippen LogP contribution in [0.2, 0.25) is 0 Å². The molecule has 1 fully saturated rings. The zero-order valence-electron chi connectivity index (χ0n) is 9.23. The van der Waals surface area contributed by atoms with Crippen molar-refractivity contribution < 1.29 is 4.74 Å². The van der Waals surface area contributed by atoms with Crippen molar-refractivity contribution in [3.63, 3.8) is 0 Å². The number of rotatable bonds is 5. The van der Waals surface area contributed by atoms with Crippen LogP contribution in [0.15, 0.2) is 0 Å². The number of nitrogens with two attached hydrogens (primary N) is 1. The molecule has 1 aliphatic rings. The molecule has 0 spiro atoms. The van der Waals surface area contributed by atoms with Gasteiger partial charge in [-0.1, -0.05) is 27.2 Å². The summed E-state index contributed by atoms with van der Waals surface area (Å²) in [5.41, 5.74) is 6.48. The third-order valence-electron chi connectivity index (χ3n) is 3.00. The van der Waals surface area contributed by atoms with Crippen LogP contribution < -0.4 is 5.73 Å². The predicted molar refractivity (Wildman–Crippen MR) is 55.6 cm³/mol. The fourth-order valence-electron chi connectivity index (χ4n) is 2.34. The van der Waals surface area contributed by atoms with Crippen LogP contribution in [0.25, 0.3) is 0 Å². The van der Waals surface area contributed by atoms with E-state index >= 15 is 0 Å². The maximum atomic E-state index is 5.75. The van der Waals surface area contributed by atoms with Gasteiger partial charge in [0.1, 0.15) is 0 Å². The first kappa shape index (κ1) is 11.0. The van der Waals surface area contributed by atoms with Crippen molar-refractivity contribution in [1.29, 1.82) is 0 Å². The third-order valence-corrected chi connectivity index (χ3v) is 3.00. The lowest BCUT2D eigenvalue weighted by molar-refractivity contribution is -0.136. The highest BCUT2D eigenvalue weighted by Gasteiger charge is 2.41. The summed E-state index contributed by atoms with van der Waals surface area (Å²) in [4.78, 5) is 0. The van der Waals surface area contributed by atoms with Crippen molar-refractivity contribution in [2.24, 2.45) is 16.6 Å². The van der Waals surface area contributed by atoms with Gasteiger partial charge in [0.15, 0.2) is 0 Å². The Hall–Kier alpha value is -0.0800. The molecule has 1 heterocycles. The number of hydrogen-bond acceptors (Lipinski definition) is 2. The van der Waals surface area contributed by atoms with E-state index in [1.54, 1.807) is 0 Å². The second kappa shape index (κ2) is 3.97. The van der Waals surface area contributed by atoms with E-state index in [-0.39, 0.29) is 5.41 Å². The molecule has 78 valence electrons. The summed E-state index contributed by atoms with van der Waals surface area (Å²) < 4.78 is 5.34. The molecule has 0 aromatic rings. The van der Waals surface area contributed by atoms with Crippen molar-refractivity contribution in [1.82, 2.24) is 0 Å². The summed E-state index contributed by atoms with van der Waals surface area (Å²) >= 11 is 0. The minimum absolute atomic E-state index is 0.277. The second-order valence-electron chi connectivity index (χ2n) is 5.29. The molecular weight excluding hydrogens is 162 g/mol. The van der Waals surface area contributed by atoms with Crippen LogP contribution in [0, 0.1) is 10.8 Å². The van der Waals surface area contributed by atoms with Gasteiger partial charge >= 0.3 is 0 Å². The van der Waals surface area contributed by atoms with Crippen molar-refractivity contribution in [3.05, 3.63) is 0 Å². The summed E-state index contributed by atoms with van der Waals surface area (Å²) in [7, 11) is 0. The van der Waals surface area contributed by atoms with Crippen LogP contribution in [0.1, 0.15) is 40.0 Å². The van der Waals surface area contributed by atoms with Gasteiger partial charge in [0.25, 0.3) is 0 Å². The van der Waals surface area contributed by atoms with Crippen LogP contribution in [-0.4, -0.2) is 19.8 Å². The molecule has 1 rings (SSSR count). The van der Waals surface area contributed by atoms with Crippen molar-refractivity contribution in [2.45, 2.75) is 40.0 Å². The van der Waals surface area contributed by atoms with Gasteiger partial charge in [0.2, 0.25) is 0 Å². The van der Waals surface area contributed by atoms with E-state index in [0.717, 1.165) is 19.8 Å². The highest BCUT2D eigenvalue weighted by molar-refractivity contribution is 4.90. The molecule has 0 aromatic carbocycles. The molecule has 0 aromatic heterocycles. The van der Waals surface area contributed by atoms with Crippen LogP contribution in [0.3, 0.4) is 0 Å². The predicted octanol–water partition coefficient (Wildman–Crippen LogP) is 2.18. The maximum Gasteiger partial charge on any atom is 0.0545 e. The van der Waals surface area contributed by atoms with Gasteiger partial charge in [-0.15, -0.1) is 0 Å². The molecule has 2 N–H and O–H groups in total. The van der Waals surface area contributed by atoms with E-state index in [9.17, 15) is 0 Å². The molecule has 0 amide bonds. The van der Waals surface area contributed by atoms with Gasteiger partial charge in [-0.2, -0.15) is 0 Å². The van der Waals surface area contributed by atoms with Crippen LogP contribution in [-0.2, 0) is 4.74 Å². The Morgan fingerprint density at radius 3 is 2.31 bits per heavy atom. The van der Waals surface area contributed by atoms with Gasteiger partial charge < -0.3 is 10.5 Å². The molecule has 13 heavy (non-hydrogen) atoms. The smallest absolute Gasteiger partial charge is 0.0545 e. The first-order valence-electron chi connectivity index (χ1n) is 5.31. The van der Waals surface area contributed by atoms with Gasteiger partial charge in [-0.3, -0.25) is 0 Å². The first-order chi connectivity index (χ1) is 6.04. The molecule has 0 bridgehead atoms. The zero-order chi connectivity index (χ0) is 9.95. The molecule has 0 atom stereocenters. The number of ether oxygens (including phenoxy) is 1. The number of hydrogen-bond donors (Lipinski definition) is 1. The topological polar surface area (TPSA) is 35.2 Å². The summed E-state index contributed by atoms with van der Waals surface area (Å²) in [6.07, 6.45) is 3.75. The third kappa shape index (κ3) is 2.68. The van der Waals surface area contributed by atoms with Crippen LogP contribution in [0.5, 0.6) is 0 Å². The highest BCUT2D eigenvalue weighted by Crippen LogP contribution is 2.42. The molecule has 2 nitrogen and oxygen atoms in total. The van der Waals surface area contributed by atoms with Crippen molar-refractivity contribution in [3.8, 4) is 0 Å². The minimum atomic E-state index is 0.277. The Bertz CT molecular complexity index is 161. The molecule has 0 unspecified atom stereocenters. The molecule has 0 aliphatic carbocycles. The maximum absolute atomic E-state index is 5.75. The van der Waals surface area contributed by atoms with Gasteiger partial charge in [0.05, 0.1) is 13.2 Å². The average Bonchev–Trinajstić information content (AvgIpc) is 2.01. The Labute approximate surface area is 81.8 Å². The van der Waals surface area contributed by atoms with E-state index in [4.69, 9.17) is 10.5 Å². The molecule has 2 heteroatoms. The largest absolute Gasteiger partial charge is 0.380 e. The second-order valence-corrected chi connectivity index (χ2v) is 5.29. The molecule has 1 aliphatic heterocycles. The minimum Gasteiger partial charge on any atom is -0.380 e. The van der Waals surface area contributed by atoms with Crippen molar-refractivity contribution in [2.75, 3.05) is 19.8 Å². The lowest BCUT2D eigenvalue weighted by Crippen LogP contribution is -2.46. The Balaban J connectivity index is 2.48. The molecular formula is C11H23NO. The molecule has 0 radical (unpaired) electrons. The summed E-state index contributed by atoms with van der Waals surface area (Å²) in [5.74, 6) is 0. The first-order valence-corrected chi connectivity index (χ1v) is 5.31. The summed E-state index contributed by atoms with van der Waals surface area (Å²) in [6, 6.07) is 0. The fourth-order valence-corrected chi connectivity index (χ4v) is 2.34. The van der Waals surface area contributed by atoms with Gasteiger partial charge in [-0.25, -0.2) is 0 Å².